The number of hydrogen-bond acceptors (Lipinski definition) is 2. The minimum Gasteiger partial charge on any atom is -0.465 e. The molecular formula is C8H6FO2. The van der Waals surface area contributed by atoms with Crippen molar-refractivity contribution in [3.8, 4) is 0 Å². The van der Waals surface area contributed by atoms with Gasteiger partial charge in [0, 0.05) is 6.07 Å². The lowest BCUT2D eigenvalue weighted by Crippen LogP contribution is -2.03. The van der Waals surface area contributed by atoms with Gasteiger partial charge in [0.25, 0.3) is 0 Å². The summed E-state index contributed by atoms with van der Waals surface area (Å²) in [7, 11) is 1.20. The Morgan fingerprint density at radius 3 is 3.00 bits per heavy atom. The monoisotopic (exact) mass is 153 g/mol. The second kappa shape index (κ2) is 3.14. The molecule has 2 nitrogen and oxygen atoms in total. The van der Waals surface area contributed by atoms with Crippen LogP contribution in [0.15, 0.2) is 18.2 Å². The fraction of sp³-hybridized carbons (Fsp3) is 0.125. The van der Waals surface area contributed by atoms with Gasteiger partial charge in [-0.25, -0.2) is 9.18 Å². The number of carbonyl (C=O) groups is 1. The maximum Gasteiger partial charge on any atom is 0.340 e. The summed E-state index contributed by atoms with van der Waals surface area (Å²) in [5.74, 6) is -1.36. The third-order valence-electron chi connectivity index (χ3n) is 1.21. The highest BCUT2D eigenvalue weighted by Gasteiger charge is 2.09. The van der Waals surface area contributed by atoms with Gasteiger partial charge >= 0.3 is 5.97 Å². The molecule has 1 aromatic rings. The summed E-state index contributed by atoms with van der Waals surface area (Å²) < 4.78 is 17.0. The van der Waals surface area contributed by atoms with Gasteiger partial charge in [0.05, 0.1) is 12.7 Å². The van der Waals surface area contributed by atoms with Crippen molar-refractivity contribution in [3.05, 3.63) is 35.6 Å². The van der Waals surface area contributed by atoms with Gasteiger partial charge < -0.3 is 4.74 Å². The smallest absolute Gasteiger partial charge is 0.340 e. The maximum atomic E-state index is 12.7. The molecule has 0 spiro atoms. The fourth-order valence-electron chi connectivity index (χ4n) is 0.684. The highest BCUT2D eigenvalue weighted by atomic mass is 19.1. The van der Waals surface area contributed by atoms with E-state index >= 15 is 0 Å². The number of methoxy groups -OCH3 is 1. The summed E-state index contributed by atoms with van der Waals surface area (Å²) in [5.41, 5.74) is -0.0880. The first kappa shape index (κ1) is 7.72. The van der Waals surface area contributed by atoms with Crippen LogP contribution in [0.25, 0.3) is 0 Å². The molecular weight excluding hydrogens is 147 g/mol. The zero-order chi connectivity index (χ0) is 8.27. The van der Waals surface area contributed by atoms with E-state index in [9.17, 15) is 9.18 Å². The van der Waals surface area contributed by atoms with Crippen molar-refractivity contribution in [2.45, 2.75) is 0 Å². The molecule has 1 rings (SSSR count). The van der Waals surface area contributed by atoms with Crippen LogP contribution in [0.1, 0.15) is 10.4 Å². The van der Waals surface area contributed by atoms with Crippen LogP contribution in [0.2, 0.25) is 0 Å². The summed E-state index contributed by atoms with van der Waals surface area (Å²) >= 11 is 0. The highest BCUT2D eigenvalue weighted by molar-refractivity contribution is 5.89. The van der Waals surface area contributed by atoms with Crippen molar-refractivity contribution >= 4 is 5.97 Å². The maximum absolute atomic E-state index is 12.7. The van der Waals surface area contributed by atoms with Gasteiger partial charge in [-0.2, -0.15) is 0 Å². The molecule has 0 unspecified atom stereocenters. The van der Waals surface area contributed by atoms with E-state index in [1.165, 1.54) is 25.3 Å². The third-order valence-corrected chi connectivity index (χ3v) is 1.21. The summed E-state index contributed by atoms with van der Waals surface area (Å²) in [5, 5.41) is 0. The molecule has 0 saturated carbocycles. The number of esters is 1. The third kappa shape index (κ3) is 1.55. The summed E-state index contributed by atoms with van der Waals surface area (Å²) in [4.78, 5) is 10.8. The van der Waals surface area contributed by atoms with Crippen LogP contribution in [-0.4, -0.2) is 13.1 Å². The van der Waals surface area contributed by atoms with Crippen molar-refractivity contribution in [2.24, 2.45) is 0 Å². The number of halogens is 1. The first-order chi connectivity index (χ1) is 5.25. The average molecular weight is 153 g/mol. The van der Waals surface area contributed by atoms with E-state index in [0.717, 1.165) is 0 Å². The molecule has 0 saturated heterocycles. The van der Waals surface area contributed by atoms with E-state index in [-0.39, 0.29) is 5.56 Å². The summed E-state index contributed by atoms with van der Waals surface area (Å²) in [6.45, 7) is 0. The SMILES string of the molecule is COC(=O)c1ccc[c]c1F. The Balaban J connectivity index is 3.03. The lowest BCUT2D eigenvalue weighted by molar-refractivity contribution is 0.0595. The van der Waals surface area contributed by atoms with Gasteiger partial charge in [-0.15, -0.1) is 0 Å². The molecule has 3 heteroatoms. The Morgan fingerprint density at radius 2 is 2.45 bits per heavy atom. The molecule has 0 amide bonds. The Kier molecular flexibility index (Phi) is 2.21. The largest absolute Gasteiger partial charge is 0.465 e. The average Bonchev–Trinajstić information content (AvgIpc) is 2.04. The topological polar surface area (TPSA) is 26.3 Å². The highest BCUT2D eigenvalue weighted by Crippen LogP contribution is 2.05. The van der Waals surface area contributed by atoms with Crippen LogP contribution in [0.5, 0.6) is 0 Å². The lowest BCUT2D eigenvalue weighted by Gasteiger charge is -1.97. The van der Waals surface area contributed by atoms with Gasteiger partial charge in [0.1, 0.15) is 5.82 Å². The standard InChI is InChI=1S/C8H6FO2/c1-11-8(10)6-4-2-3-5-7(6)9/h2-4H,1H3. The Hall–Kier alpha value is -1.38. The second-order valence-corrected chi connectivity index (χ2v) is 1.89. The number of rotatable bonds is 1. The molecule has 0 fully saturated rings. The molecule has 0 bridgehead atoms. The predicted molar refractivity (Wildman–Crippen MR) is 36.6 cm³/mol. The molecule has 1 radical (unpaired) electrons. The van der Waals surface area contributed by atoms with Crippen LogP contribution in [0, 0.1) is 11.9 Å². The van der Waals surface area contributed by atoms with E-state index in [1.807, 2.05) is 0 Å². The minimum absolute atomic E-state index is 0.0880. The van der Waals surface area contributed by atoms with Crippen molar-refractivity contribution < 1.29 is 13.9 Å². The lowest BCUT2D eigenvalue weighted by atomic mass is 10.2. The van der Waals surface area contributed by atoms with Gasteiger partial charge in [-0.05, 0) is 6.07 Å². The van der Waals surface area contributed by atoms with Crippen molar-refractivity contribution in [1.82, 2.24) is 0 Å². The second-order valence-electron chi connectivity index (χ2n) is 1.89. The number of hydrogen-bond donors (Lipinski definition) is 0. The van der Waals surface area contributed by atoms with E-state index in [1.54, 1.807) is 0 Å². The molecule has 57 valence electrons. The molecule has 1 aromatic carbocycles. The van der Waals surface area contributed by atoms with Crippen LogP contribution in [0.4, 0.5) is 4.39 Å². The number of benzene rings is 1. The van der Waals surface area contributed by atoms with Crippen molar-refractivity contribution in [2.75, 3.05) is 7.11 Å². The van der Waals surface area contributed by atoms with E-state index in [2.05, 4.69) is 10.8 Å². The number of ether oxygens (including phenoxy) is 1. The summed E-state index contributed by atoms with van der Waals surface area (Å²) in [6.07, 6.45) is 0. The predicted octanol–water partition coefficient (Wildman–Crippen LogP) is 1.41. The Labute approximate surface area is 63.6 Å². The normalized spacial score (nSPS) is 9.27. The van der Waals surface area contributed by atoms with E-state index in [0.29, 0.717) is 0 Å². The Morgan fingerprint density at radius 1 is 1.73 bits per heavy atom. The van der Waals surface area contributed by atoms with E-state index in [4.69, 9.17) is 0 Å². The van der Waals surface area contributed by atoms with Gasteiger partial charge in [-0.1, -0.05) is 12.1 Å². The van der Waals surface area contributed by atoms with Crippen LogP contribution in [-0.2, 0) is 4.74 Å². The zero-order valence-corrected chi connectivity index (χ0v) is 5.93. The van der Waals surface area contributed by atoms with Gasteiger partial charge in [0.15, 0.2) is 0 Å². The zero-order valence-electron chi connectivity index (χ0n) is 5.93. The molecule has 0 aliphatic rings. The molecule has 0 N–H and O–H groups in total. The molecule has 0 heterocycles. The molecule has 0 aliphatic heterocycles. The van der Waals surface area contributed by atoms with Crippen molar-refractivity contribution in [3.63, 3.8) is 0 Å². The first-order valence-corrected chi connectivity index (χ1v) is 3.00. The summed E-state index contributed by atoms with van der Waals surface area (Å²) in [6, 6.07) is 6.51. The van der Waals surface area contributed by atoms with Crippen LogP contribution < -0.4 is 0 Å². The fourth-order valence-corrected chi connectivity index (χ4v) is 0.684. The minimum atomic E-state index is -0.681. The quantitative estimate of drug-likeness (QED) is 0.570. The van der Waals surface area contributed by atoms with Gasteiger partial charge in [0.2, 0.25) is 0 Å². The van der Waals surface area contributed by atoms with Crippen LogP contribution >= 0.6 is 0 Å². The Bertz CT molecular complexity index is 271. The van der Waals surface area contributed by atoms with Crippen LogP contribution in [0.3, 0.4) is 0 Å². The molecule has 0 atom stereocenters. The number of carbonyl (C=O) groups excluding carboxylic acids is 1. The molecule has 0 aliphatic carbocycles. The first-order valence-electron chi connectivity index (χ1n) is 3.00. The molecule has 0 aromatic heterocycles. The molecule has 11 heavy (non-hydrogen) atoms. The van der Waals surface area contributed by atoms with Gasteiger partial charge in [-0.3, -0.25) is 0 Å². The van der Waals surface area contributed by atoms with E-state index < -0.39 is 11.8 Å². The van der Waals surface area contributed by atoms with Crippen molar-refractivity contribution in [1.29, 1.82) is 0 Å².